The molecule has 0 aliphatic heterocycles. The highest BCUT2D eigenvalue weighted by Crippen LogP contribution is 2.30. The summed E-state index contributed by atoms with van der Waals surface area (Å²) in [5.74, 6) is -2.39. The predicted molar refractivity (Wildman–Crippen MR) is 42.4 cm³/mol. The van der Waals surface area contributed by atoms with E-state index in [2.05, 4.69) is 5.10 Å². The average molecular weight is 257 g/mol. The molecule has 1 atom stereocenters. The van der Waals surface area contributed by atoms with Gasteiger partial charge in [0, 0.05) is 6.20 Å². The lowest BCUT2D eigenvalue weighted by Crippen LogP contribution is -2.26. The maximum atomic E-state index is 12.2. The minimum Gasteiger partial charge on any atom is -0.270 e. The van der Waals surface area contributed by atoms with E-state index in [0.29, 0.717) is 17.1 Å². The van der Waals surface area contributed by atoms with E-state index in [1.807, 2.05) is 0 Å². The fraction of sp³-hybridized carbons (Fsp3) is 0.500. The van der Waals surface area contributed by atoms with E-state index in [9.17, 15) is 26.3 Å². The summed E-state index contributed by atoms with van der Waals surface area (Å²) >= 11 is 0. The standard InChI is InChI=1S/C8H5F6N3/c9-7(10,11)5(1-15)3-17-4-6(2-16-17)8(12,13)14/h2,4-5H,3H2. The minimum atomic E-state index is -4.79. The highest BCUT2D eigenvalue weighted by molar-refractivity contribution is 5.08. The summed E-state index contributed by atoms with van der Waals surface area (Å²) in [6.45, 7) is -0.962. The van der Waals surface area contributed by atoms with E-state index in [1.165, 1.54) is 0 Å². The maximum Gasteiger partial charge on any atom is 0.419 e. The summed E-state index contributed by atoms with van der Waals surface area (Å²) < 4.78 is 73.3. The fourth-order valence-electron chi connectivity index (χ4n) is 1.01. The van der Waals surface area contributed by atoms with Gasteiger partial charge < -0.3 is 0 Å². The molecule has 0 radical (unpaired) electrons. The molecule has 1 unspecified atom stereocenters. The minimum absolute atomic E-state index is 0.408. The molecular weight excluding hydrogens is 252 g/mol. The van der Waals surface area contributed by atoms with Gasteiger partial charge in [0.25, 0.3) is 0 Å². The molecule has 0 saturated heterocycles. The number of nitrogens with zero attached hydrogens (tertiary/aromatic N) is 3. The third-order valence-corrected chi connectivity index (χ3v) is 1.88. The van der Waals surface area contributed by atoms with Crippen LogP contribution in [-0.4, -0.2) is 16.0 Å². The number of aromatic nitrogens is 2. The molecule has 1 rings (SSSR count). The Morgan fingerprint density at radius 2 is 1.88 bits per heavy atom. The molecule has 3 nitrogen and oxygen atoms in total. The molecule has 1 heterocycles. The Balaban J connectivity index is 2.83. The second-order valence-electron chi connectivity index (χ2n) is 3.17. The molecule has 17 heavy (non-hydrogen) atoms. The maximum absolute atomic E-state index is 12.2. The molecule has 94 valence electrons. The van der Waals surface area contributed by atoms with Crippen molar-refractivity contribution in [3.8, 4) is 6.07 Å². The zero-order valence-corrected chi connectivity index (χ0v) is 8.05. The van der Waals surface area contributed by atoms with Gasteiger partial charge in [-0.1, -0.05) is 0 Å². The van der Waals surface area contributed by atoms with Crippen LogP contribution in [0.1, 0.15) is 5.56 Å². The molecule has 0 aromatic carbocycles. The van der Waals surface area contributed by atoms with Crippen molar-refractivity contribution in [3.05, 3.63) is 18.0 Å². The SMILES string of the molecule is N#CC(Cn1cc(C(F)(F)F)cn1)C(F)(F)F. The van der Waals surface area contributed by atoms with Crippen LogP contribution in [0.25, 0.3) is 0 Å². The molecular formula is C8H5F6N3. The smallest absolute Gasteiger partial charge is 0.270 e. The first-order valence-corrected chi connectivity index (χ1v) is 4.20. The Hall–Kier alpha value is -1.72. The molecule has 0 amide bonds. The van der Waals surface area contributed by atoms with Crippen LogP contribution in [0.15, 0.2) is 12.4 Å². The highest BCUT2D eigenvalue weighted by Gasteiger charge is 2.41. The summed E-state index contributed by atoms with van der Waals surface area (Å²) in [7, 11) is 0. The van der Waals surface area contributed by atoms with Gasteiger partial charge in [-0.15, -0.1) is 0 Å². The molecule has 0 saturated carbocycles. The van der Waals surface area contributed by atoms with Gasteiger partial charge in [0.05, 0.1) is 24.4 Å². The van der Waals surface area contributed by atoms with Crippen molar-refractivity contribution in [1.82, 2.24) is 9.78 Å². The molecule has 1 aromatic rings. The van der Waals surface area contributed by atoms with Crippen LogP contribution in [0.2, 0.25) is 0 Å². The average Bonchev–Trinajstić information content (AvgIpc) is 2.59. The van der Waals surface area contributed by atoms with Crippen molar-refractivity contribution in [2.24, 2.45) is 5.92 Å². The van der Waals surface area contributed by atoms with Crippen LogP contribution < -0.4 is 0 Å². The normalized spacial score (nSPS) is 14.4. The molecule has 0 fully saturated rings. The number of hydrogen-bond donors (Lipinski definition) is 0. The van der Waals surface area contributed by atoms with Crippen LogP contribution in [-0.2, 0) is 12.7 Å². The monoisotopic (exact) mass is 257 g/mol. The highest BCUT2D eigenvalue weighted by atomic mass is 19.4. The number of halogens is 6. The Morgan fingerprint density at radius 1 is 1.29 bits per heavy atom. The van der Waals surface area contributed by atoms with Crippen molar-refractivity contribution in [2.45, 2.75) is 18.9 Å². The van der Waals surface area contributed by atoms with E-state index in [4.69, 9.17) is 5.26 Å². The second-order valence-corrected chi connectivity index (χ2v) is 3.17. The van der Waals surface area contributed by atoms with Gasteiger partial charge in [0.2, 0.25) is 0 Å². The van der Waals surface area contributed by atoms with Gasteiger partial charge in [-0.25, -0.2) is 0 Å². The Kier molecular flexibility index (Phi) is 3.35. The molecule has 1 aromatic heterocycles. The first-order valence-electron chi connectivity index (χ1n) is 4.20. The predicted octanol–water partition coefficient (Wildman–Crippen LogP) is 2.60. The van der Waals surface area contributed by atoms with Gasteiger partial charge in [0.1, 0.15) is 0 Å². The van der Waals surface area contributed by atoms with Gasteiger partial charge in [-0.05, 0) is 0 Å². The van der Waals surface area contributed by atoms with Crippen molar-refractivity contribution < 1.29 is 26.3 Å². The van der Waals surface area contributed by atoms with Crippen molar-refractivity contribution in [2.75, 3.05) is 0 Å². The van der Waals surface area contributed by atoms with E-state index < -0.39 is 30.4 Å². The Labute approximate surface area is 91.2 Å². The number of alkyl halides is 6. The Bertz CT molecular complexity index is 424. The molecule has 0 N–H and O–H groups in total. The lowest BCUT2D eigenvalue weighted by atomic mass is 10.1. The van der Waals surface area contributed by atoms with Crippen LogP contribution in [0.4, 0.5) is 26.3 Å². The van der Waals surface area contributed by atoms with Gasteiger partial charge in [-0.2, -0.15) is 36.7 Å². The van der Waals surface area contributed by atoms with Crippen LogP contribution in [0, 0.1) is 17.2 Å². The fourth-order valence-corrected chi connectivity index (χ4v) is 1.01. The van der Waals surface area contributed by atoms with E-state index >= 15 is 0 Å². The third kappa shape index (κ3) is 3.37. The molecule has 0 spiro atoms. The van der Waals surface area contributed by atoms with Gasteiger partial charge in [0.15, 0.2) is 5.92 Å². The number of hydrogen-bond acceptors (Lipinski definition) is 2. The largest absolute Gasteiger partial charge is 0.419 e. The van der Waals surface area contributed by atoms with Crippen LogP contribution in [0.3, 0.4) is 0 Å². The zero-order chi connectivity index (χ0) is 13.3. The van der Waals surface area contributed by atoms with Crippen molar-refractivity contribution >= 4 is 0 Å². The lowest BCUT2D eigenvalue weighted by molar-refractivity contribution is -0.162. The van der Waals surface area contributed by atoms with Crippen molar-refractivity contribution in [1.29, 1.82) is 5.26 Å². The zero-order valence-electron chi connectivity index (χ0n) is 8.05. The summed E-state index contributed by atoms with van der Waals surface area (Å²) in [4.78, 5) is 0. The molecule has 0 bridgehead atoms. The third-order valence-electron chi connectivity index (χ3n) is 1.88. The second kappa shape index (κ2) is 4.27. The van der Waals surface area contributed by atoms with E-state index in [1.54, 1.807) is 0 Å². The summed E-state index contributed by atoms with van der Waals surface area (Å²) in [6, 6.07) is 0.971. The first kappa shape index (κ1) is 13.3. The summed E-state index contributed by atoms with van der Waals surface area (Å²) in [6.07, 6.45) is -8.63. The van der Waals surface area contributed by atoms with Crippen LogP contribution in [0.5, 0.6) is 0 Å². The topological polar surface area (TPSA) is 41.6 Å². The molecule has 0 aliphatic carbocycles. The Morgan fingerprint density at radius 3 is 2.24 bits per heavy atom. The quantitative estimate of drug-likeness (QED) is 0.764. The molecule has 9 heteroatoms. The van der Waals surface area contributed by atoms with E-state index in [0.717, 1.165) is 6.07 Å². The van der Waals surface area contributed by atoms with Gasteiger partial charge in [-0.3, -0.25) is 4.68 Å². The molecule has 0 aliphatic rings. The number of nitriles is 1. The summed E-state index contributed by atoms with van der Waals surface area (Å²) in [5, 5.41) is 11.4. The van der Waals surface area contributed by atoms with Crippen LogP contribution >= 0.6 is 0 Å². The van der Waals surface area contributed by atoms with E-state index in [-0.39, 0.29) is 0 Å². The first-order chi connectivity index (χ1) is 7.64. The summed E-state index contributed by atoms with van der Waals surface area (Å²) in [5.41, 5.74) is -1.16. The van der Waals surface area contributed by atoms with Gasteiger partial charge >= 0.3 is 12.4 Å². The lowest BCUT2D eigenvalue weighted by Gasteiger charge is -2.12. The number of rotatable bonds is 2. The van der Waals surface area contributed by atoms with Crippen molar-refractivity contribution in [3.63, 3.8) is 0 Å².